The fourth-order valence-electron chi connectivity index (χ4n) is 2.17. The van der Waals surface area contributed by atoms with Crippen molar-refractivity contribution >= 4 is 44.3 Å². The Hall–Kier alpha value is -1.73. The van der Waals surface area contributed by atoms with Crippen LogP contribution in [0.4, 0.5) is 5.13 Å². The Labute approximate surface area is 153 Å². The molecule has 0 aliphatic heterocycles. The number of aromatic nitrogens is 1. The molecule has 5 nitrogen and oxygen atoms in total. The van der Waals surface area contributed by atoms with E-state index in [1.165, 1.54) is 11.3 Å². The van der Waals surface area contributed by atoms with Crippen molar-refractivity contribution in [1.82, 2.24) is 4.98 Å². The highest BCUT2D eigenvalue weighted by Gasteiger charge is 2.25. The van der Waals surface area contributed by atoms with Gasteiger partial charge in [-0.3, -0.25) is 9.69 Å². The van der Waals surface area contributed by atoms with Crippen molar-refractivity contribution < 1.29 is 14.3 Å². The van der Waals surface area contributed by atoms with E-state index in [2.05, 4.69) is 20.9 Å². The van der Waals surface area contributed by atoms with Gasteiger partial charge in [-0.25, -0.2) is 9.78 Å². The molecule has 128 valence electrons. The topological polar surface area (TPSA) is 59.5 Å². The summed E-state index contributed by atoms with van der Waals surface area (Å²) in [6, 6.07) is 7.27. The van der Waals surface area contributed by atoms with Crippen LogP contribution in [-0.4, -0.2) is 30.0 Å². The molecule has 1 aromatic heterocycles. The van der Waals surface area contributed by atoms with Gasteiger partial charge in [-0.05, 0) is 48.3 Å². The average molecular weight is 411 g/mol. The predicted molar refractivity (Wildman–Crippen MR) is 98.9 cm³/mol. The van der Waals surface area contributed by atoms with Crippen molar-refractivity contribution in [3.63, 3.8) is 0 Å². The first-order valence-corrected chi connectivity index (χ1v) is 9.31. The van der Waals surface area contributed by atoms with Crippen molar-refractivity contribution in [3.05, 3.63) is 44.9 Å². The van der Waals surface area contributed by atoms with Crippen LogP contribution in [0, 0.1) is 6.92 Å². The molecule has 0 radical (unpaired) electrons. The number of nitrogens with zero attached hydrogens (tertiary/aromatic N) is 2. The summed E-state index contributed by atoms with van der Waals surface area (Å²) in [5.74, 6) is -0.544. The fourth-order valence-corrected chi connectivity index (χ4v) is 3.61. The number of anilines is 1. The second-order valence-electron chi connectivity index (χ2n) is 5.07. The SMILES string of the molecule is CCCN(C(=O)c1ccccc1Br)c1nc(C)c(C(=O)OCC)s1. The lowest BCUT2D eigenvalue weighted by Gasteiger charge is -2.19. The van der Waals surface area contributed by atoms with Crippen LogP contribution in [0.15, 0.2) is 28.7 Å². The van der Waals surface area contributed by atoms with Gasteiger partial charge in [-0.1, -0.05) is 30.4 Å². The van der Waals surface area contributed by atoms with E-state index in [1.807, 2.05) is 25.1 Å². The van der Waals surface area contributed by atoms with Gasteiger partial charge in [0.2, 0.25) is 0 Å². The number of hydrogen-bond acceptors (Lipinski definition) is 5. The molecular weight excluding hydrogens is 392 g/mol. The van der Waals surface area contributed by atoms with Crippen LogP contribution in [0.25, 0.3) is 0 Å². The van der Waals surface area contributed by atoms with Gasteiger partial charge in [0.15, 0.2) is 5.13 Å². The molecule has 1 aromatic carbocycles. The maximum absolute atomic E-state index is 12.9. The lowest BCUT2D eigenvalue weighted by Crippen LogP contribution is -2.31. The summed E-state index contributed by atoms with van der Waals surface area (Å²) in [6.45, 7) is 6.33. The molecule has 1 heterocycles. The molecule has 0 atom stereocenters. The standard InChI is InChI=1S/C17H19BrN2O3S/c1-4-10-20(15(21)12-8-6-7-9-13(12)18)17-19-11(3)14(24-17)16(22)23-5-2/h6-9H,4-5,10H2,1-3H3. The van der Waals surface area contributed by atoms with E-state index < -0.39 is 5.97 Å². The number of aryl methyl sites for hydroxylation is 1. The number of amides is 1. The van der Waals surface area contributed by atoms with E-state index in [1.54, 1.807) is 24.8 Å². The third kappa shape index (κ3) is 4.02. The van der Waals surface area contributed by atoms with Crippen molar-refractivity contribution in [3.8, 4) is 0 Å². The molecule has 2 rings (SSSR count). The van der Waals surface area contributed by atoms with Gasteiger partial charge >= 0.3 is 5.97 Å². The minimum absolute atomic E-state index is 0.145. The monoisotopic (exact) mass is 410 g/mol. The van der Waals surface area contributed by atoms with Crippen LogP contribution in [0.1, 0.15) is 46.0 Å². The number of benzene rings is 1. The van der Waals surface area contributed by atoms with Crippen LogP contribution in [0.5, 0.6) is 0 Å². The average Bonchev–Trinajstić information content (AvgIpc) is 2.94. The predicted octanol–water partition coefficient (Wildman–Crippen LogP) is 4.45. The molecule has 0 spiro atoms. The molecule has 2 aromatic rings. The Morgan fingerprint density at radius 3 is 2.62 bits per heavy atom. The molecule has 0 unspecified atom stereocenters. The molecule has 0 saturated heterocycles. The summed E-state index contributed by atoms with van der Waals surface area (Å²) in [5, 5.41) is 0.512. The summed E-state index contributed by atoms with van der Waals surface area (Å²) in [4.78, 5) is 31.4. The summed E-state index contributed by atoms with van der Waals surface area (Å²) in [6.07, 6.45) is 0.781. The molecule has 1 amide bonds. The minimum Gasteiger partial charge on any atom is -0.462 e. The van der Waals surface area contributed by atoms with Gasteiger partial charge in [0, 0.05) is 11.0 Å². The quantitative estimate of drug-likeness (QED) is 0.660. The first-order chi connectivity index (χ1) is 11.5. The van der Waals surface area contributed by atoms with Gasteiger partial charge in [-0.2, -0.15) is 0 Å². The number of carbonyl (C=O) groups excluding carboxylic acids is 2. The highest BCUT2D eigenvalue weighted by Crippen LogP contribution is 2.29. The molecule has 24 heavy (non-hydrogen) atoms. The number of carbonyl (C=O) groups is 2. The van der Waals surface area contributed by atoms with Crippen molar-refractivity contribution in [1.29, 1.82) is 0 Å². The molecule has 0 saturated carbocycles. The maximum atomic E-state index is 12.9. The lowest BCUT2D eigenvalue weighted by atomic mass is 10.2. The molecule has 0 fully saturated rings. The Balaban J connectivity index is 2.38. The Bertz CT molecular complexity index is 745. The number of ether oxygens (including phenoxy) is 1. The van der Waals surface area contributed by atoms with Crippen molar-refractivity contribution in [2.24, 2.45) is 0 Å². The maximum Gasteiger partial charge on any atom is 0.350 e. The summed E-state index contributed by atoms with van der Waals surface area (Å²) in [7, 11) is 0. The zero-order valence-electron chi connectivity index (χ0n) is 13.8. The van der Waals surface area contributed by atoms with Gasteiger partial charge in [0.25, 0.3) is 5.91 Å². The molecule has 7 heteroatoms. The number of hydrogen-bond donors (Lipinski definition) is 0. The molecule has 0 bridgehead atoms. The number of esters is 1. The lowest BCUT2D eigenvalue weighted by molar-refractivity contribution is 0.0531. The second kappa shape index (κ2) is 8.39. The van der Waals surface area contributed by atoms with Gasteiger partial charge in [-0.15, -0.1) is 0 Å². The largest absolute Gasteiger partial charge is 0.462 e. The Morgan fingerprint density at radius 1 is 1.29 bits per heavy atom. The van der Waals surface area contributed by atoms with Crippen LogP contribution in [0.2, 0.25) is 0 Å². The van der Waals surface area contributed by atoms with E-state index >= 15 is 0 Å². The van der Waals surface area contributed by atoms with Crippen LogP contribution in [0.3, 0.4) is 0 Å². The number of rotatable bonds is 6. The van der Waals surface area contributed by atoms with E-state index in [4.69, 9.17) is 4.74 Å². The van der Waals surface area contributed by atoms with Crippen LogP contribution in [-0.2, 0) is 4.74 Å². The van der Waals surface area contributed by atoms with E-state index in [-0.39, 0.29) is 5.91 Å². The highest BCUT2D eigenvalue weighted by molar-refractivity contribution is 9.10. The van der Waals surface area contributed by atoms with Crippen molar-refractivity contribution in [2.75, 3.05) is 18.1 Å². The molecule has 0 N–H and O–H groups in total. The van der Waals surface area contributed by atoms with Gasteiger partial charge in [0.05, 0.1) is 17.9 Å². The second-order valence-corrected chi connectivity index (χ2v) is 6.90. The Morgan fingerprint density at radius 2 is 2.00 bits per heavy atom. The normalized spacial score (nSPS) is 10.5. The first kappa shape index (κ1) is 18.6. The Kier molecular flexibility index (Phi) is 6.51. The van der Waals surface area contributed by atoms with Crippen LogP contribution < -0.4 is 4.90 Å². The van der Waals surface area contributed by atoms with Gasteiger partial charge in [0.1, 0.15) is 4.88 Å². The third-order valence-electron chi connectivity index (χ3n) is 3.27. The molecule has 0 aliphatic rings. The molecule has 0 aliphatic carbocycles. The van der Waals surface area contributed by atoms with Crippen LogP contribution >= 0.6 is 27.3 Å². The van der Waals surface area contributed by atoms with Crippen molar-refractivity contribution in [2.45, 2.75) is 27.2 Å². The third-order valence-corrected chi connectivity index (χ3v) is 5.13. The van der Waals surface area contributed by atoms with E-state index in [0.29, 0.717) is 34.4 Å². The van der Waals surface area contributed by atoms with E-state index in [0.717, 1.165) is 10.9 Å². The van der Waals surface area contributed by atoms with Gasteiger partial charge < -0.3 is 4.74 Å². The first-order valence-electron chi connectivity index (χ1n) is 7.70. The zero-order chi connectivity index (χ0) is 17.7. The minimum atomic E-state index is -0.400. The highest BCUT2D eigenvalue weighted by atomic mass is 79.9. The fraction of sp³-hybridized carbons (Fsp3) is 0.353. The molecular formula is C17H19BrN2O3S. The summed E-state index contributed by atoms with van der Waals surface area (Å²) >= 11 is 4.60. The smallest absolute Gasteiger partial charge is 0.350 e. The number of halogens is 1. The number of thiazole rings is 1. The summed E-state index contributed by atoms with van der Waals surface area (Å²) in [5.41, 5.74) is 1.14. The van der Waals surface area contributed by atoms with E-state index in [9.17, 15) is 9.59 Å². The summed E-state index contributed by atoms with van der Waals surface area (Å²) < 4.78 is 5.78. The zero-order valence-corrected chi connectivity index (χ0v) is 16.2.